The predicted molar refractivity (Wildman–Crippen MR) is 76.7 cm³/mol. The summed E-state index contributed by atoms with van der Waals surface area (Å²) >= 11 is 5.83. The van der Waals surface area contributed by atoms with Gasteiger partial charge in [0.05, 0.1) is 6.61 Å². The lowest BCUT2D eigenvalue weighted by Crippen LogP contribution is -2.34. The fourth-order valence-electron chi connectivity index (χ4n) is 1.63. The number of furan rings is 1. The van der Waals surface area contributed by atoms with Crippen LogP contribution >= 0.6 is 11.6 Å². The van der Waals surface area contributed by atoms with Gasteiger partial charge in [0.25, 0.3) is 5.91 Å². The van der Waals surface area contributed by atoms with Crippen LogP contribution in [0, 0.1) is 0 Å². The Bertz CT molecular complexity index is 723. The number of rotatable bonds is 4. The molecule has 116 valence electrons. The normalized spacial score (nSPS) is 10.3. The predicted octanol–water partition coefficient (Wildman–Crippen LogP) is 2.52. The third kappa shape index (κ3) is 3.98. The molecule has 1 aromatic carbocycles. The van der Waals surface area contributed by atoms with Crippen molar-refractivity contribution in [3.8, 4) is 0 Å². The Morgan fingerprint density at radius 2 is 2.00 bits per heavy atom. The summed E-state index contributed by atoms with van der Waals surface area (Å²) in [5.41, 5.74) is 0.465. The van der Waals surface area contributed by atoms with E-state index in [0.29, 0.717) is 16.0 Å². The number of ether oxygens (including phenoxy) is 2. The number of esters is 1. The molecule has 0 bridgehead atoms. The van der Waals surface area contributed by atoms with Crippen LogP contribution in [0.5, 0.6) is 0 Å². The molecule has 2 aromatic rings. The molecule has 2 amide bonds. The second-order valence-corrected chi connectivity index (χ2v) is 4.57. The van der Waals surface area contributed by atoms with Crippen molar-refractivity contribution >= 4 is 40.5 Å². The molecule has 2 rings (SSSR count). The van der Waals surface area contributed by atoms with Gasteiger partial charge in [-0.2, -0.15) is 0 Å². The Labute approximate surface area is 130 Å². The number of carbonyl (C=O) groups excluding carboxylic acids is 3. The van der Waals surface area contributed by atoms with Crippen LogP contribution in [0.1, 0.15) is 17.5 Å². The average molecular weight is 326 g/mol. The molecule has 1 N–H and O–H groups in total. The van der Waals surface area contributed by atoms with Gasteiger partial charge < -0.3 is 13.9 Å². The van der Waals surface area contributed by atoms with Gasteiger partial charge in [0.2, 0.25) is 5.76 Å². The van der Waals surface area contributed by atoms with E-state index in [1.54, 1.807) is 25.1 Å². The van der Waals surface area contributed by atoms with Gasteiger partial charge in [-0.15, -0.1) is 0 Å². The molecule has 1 heterocycles. The van der Waals surface area contributed by atoms with E-state index < -0.39 is 24.6 Å². The molecular formula is C14H12ClNO6. The molecule has 0 atom stereocenters. The third-order valence-corrected chi connectivity index (χ3v) is 2.77. The molecular weight excluding hydrogens is 314 g/mol. The van der Waals surface area contributed by atoms with E-state index in [4.69, 9.17) is 20.8 Å². The number of hydrogen-bond acceptors (Lipinski definition) is 6. The number of carbonyl (C=O) groups is 3. The molecule has 7 nitrogen and oxygen atoms in total. The minimum absolute atomic E-state index is 0.0683. The Morgan fingerprint density at radius 1 is 1.23 bits per heavy atom. The highest BCUT2D eigenvalue weighted by Crippen LogP contribution is 2.23. The van der Waals surface area contributed by atoms with Gasteiger partial charge in [-0.1, -0.05) is 11.6 Å². The number of halogens is 1. The highest BCUT2D eigenvalue weighted by molar-refractivity contribution is 6.31. The van der Waals surface area contributed by atoms with Crippen molar-refractivity contribution in [3.63, 3.8) is 0 Å². The van der Waals surface area contributed by atoms with E-state index in [-0.39, 0.29) is 12.4 Å². The van der Waals surface area contributed by atoms with E-state index in [9.17, 15) is 14.4 Å². The number of alkyl carbamates (subject to hydrolysis) is 1. The van der Waals surface area contributed by atoms with E-state index in [0.717, 1.165) is 0 Å². The zero-order valence-corrected chi connectivity index (χ0v) is 12.3. The summed E-state index contributed by atoms with van der Waals surface area (Å²) in [6, 6.07) is 6.31. The minimum atomic E-state index is -0.901. The lowest BCUT2D eigenvalue weighted by Gasteiger charge is -2.04. The molecule has 0 radical (unpaired) electrons. The number of amides is 2. The van der Waals surface area contributed by atoms with Crippen LogP contribution in [0.3, 0.4) is 0 Å². The average Bonchev–Trinajstić information content (AvgIpc) is 2.88. The Kier molecular flexibility index (Phi) is 5.00. The molecule has 0 spiro atoms. The summed E-state index contributed by atoms with van der Waals surface area (Å²) in [5.74, 6) is -1.70. The fraction of sp³-hybridized carbons (Fsp3) is 0.214. The van der Waals surface area contributed by atoms with Crippen LogP contribution in [0.25, 0.3) is 11.0 Å². The van der Waals surface area contributed by atoms with Crippen LogP contribution in [-0.4, -0.2) is 31.2 Å². The highest BCUT2D eigenvalue weighted by atomic mass is 35.5. The topological polar surface area (TPSA) is 94.8 Å². The summed E-state index contributed by atoms with van der Waals surface area (Å²) < 4.78 is 14.5. The van der Waals surface area contributed by atoms with Crippen molar-refractivity contribution in [2.24, 2.45) is 0 Å². The third-order valence-electron chi connectivity index (χ3n) is 2.53. The SMILES string of the molecule is CCOC(=O)NC(=O)COC(=O)c1cc2cc(Cl)ccc2o1. The van der Waals surface area contributed by atoms with Gasteiger partial charge in [-0.05, 0) is 31.2 Å². The fourth-order valence-corrected chi connectivity index (χ4v) is 1.81. The van der Waals surface area contributed by atoms with Crippen LogP contribution in [0.4, 0.5) is 4.79 Å². The van der Waals surface area contributed by atoms with Gasteiger partial charge in [0, 0.05) is 10.4 Å². The molecule has 8 heteroatoms. The minimum Gasteiger partial charge on any atom is -0.450 e. The summed E-state index contributed by atoms with van der Waals surface area (Å²) in [6.07, 6.45) is -0.901. The van der Waals surface area contributed by atoms with Crippen LogP contribution in [0.15, 0.2) is 28.7 Å². The summed E-state index contributed by atoms with van der Waals surface area (Å²) in [6.45, 7) is 1.09. The van der Waals surface area contributed by atoms with Crippen molar-refractivity contribution in [2.75, 3.05) is 13.2 Å². The standard InChI is InChI=1S/C14H12ClNO6/c1-2-20-14(19)16-12(17)7-21-13(18)11-6-8-5-9(15)3-4-10(8)22-11/h3-6H,2,7H2,1H3,(H,16,17,19). The second kappa shape index (κ2) is 6.95. The first-order valence-corrected chi connectivity index (χ1v) is 6.70. The largest absolute Gasteiger partial charge is 0.450 e. The Hall–Kier alpha value is -2.54. The number of fused-ring (bicyclic) bond motifs is 1. The number of imide groups is 1. The maximum atomic E-state index is 11.8. The van der Waals surface area contributed by atoms with Gasteiger partial charge in [0.1, 0.15) is 5.58 Å². The number of nitrogens with one attached hydrogen (secondary N) is 1. The lowest BCUT2D eigenvalue weighted by molar-refractivity contribution is -0.123. The second-order valence-electron chi connectivity index (χ2n) is 4.14. The summed E-state index contributed by atoms with van der Waals surface area (Å²) in [7, 11) is 0. The van der Waals surface area contributed by atoms with Crippen molar-refractivity contribution in [1.29, 1.82) is 0 Å². The molecule has 0 unspecified atom stereocenters. The smallest absolute Gasteiger partial charge is 0.413 e. The van der Waals surface area contributed by atoms with E-state index in [2.05, 4.69) is 4.74 Å². The quantitative estimate of drug-likeness (QED) is 0.868. The van der Waals surface area contributed by atoms with Gasteiger partial charge in [0.15, 0.2) is 6.61 Å². The lowest BCUT2D eigenvalue weighted by atomic mass is 10.2. The summed E-state index contributed by atoms with van der Waals surface area (Å²) in [5, 5.41) is 3.03. The zero-order chi connectivity index (χ0) is 16.1. The molecule has 1 aromatic heterocycles. The van der Waals surface area contributed by atoms with Crippen molar-refractivity contribution in [3.05, 3.63) is 35.0 Å². The van der Waals surface area contributed by atoms with Crippen LogP contribution in [-0.2, 0) is 14.3 Å². The molecule has 0 fully saturated rings. The molecule has 0 saturated carbocycles. The monoisotopic (exact) mass is 325 g/mol. The summed E-state index contributed by atoms with van der Waals surface area (Å²) in [4.78, 5) is 34.1. The van der Waals surface area contributed by atoms with Gasteiger partial charge in [-0.3, -0.25) is 10.1 Å². The maximum Gasteiger partial charge on any atom is 0.413 e. The van der Waals surface area contributed by atoms with E-state index in [1.807, 2.05) is 5.32 Å². The first kappa shape index (κ1) is 15.8. The van der Waals surface area contributed by atoms with Crippen molar-refractivity contribution in [1.82, 2.24) is 5.32 Å². The zero-order valence-electron chi connectivity index (χ0n) is 11.6. The number of hydrogen-bond donors (Lipinski definition) is 1. The van der Waals surface area contributed by atoms with Crippen molar-refractivity contribution < 1.29 is 28.3 Å². The highest BCUT2D eigenvalue weighted by Gasteiger charge is 2.16. The van der Waals surface area contributed by atoms with Crippen LogP contribution < -0.4 is 5.32 Å². The first-order valence-electron chi connectivity index (χ1n) is 6.32. The van der Waals surface area contributed by atoms with Crippen LogP contribution in [0.2, 0.25) is 5.02 Å². The molecule has 22 heavy (non-hydrogen) atoms. The molecule has 0 aliphatic heterocycles. The maximum absolute atomic E-state index is 11.8. The molecule has 0 aliphatic carbocycles. The Balaban J connectivity index is 1.93. The van der Waals surface area contributed by atoms with Gasteiger partial charge >= 0.3 is 12.1 Å². The first-order chi connectivity index (χ1) is 10.5. The van der Waals surface area contributed by atoms with E-state index >= 15 is 0 Å². The molecule has 0 saturated heterocycles. The van der Waals surface area contributed by atoms with Gasteiger partial charge in [-0.25, -0.2) is 9.59 Å². The Morgan fingerprint density at radius 3 is 2.73 bits per heavy atom. The molecule has 0 aliphatic rings. The van der Waals surface area contributed by atoms with E-state index in [1.165, 1.54) is 6.07 Å². The van der Waals surface area contributed by atoms with Crippen molar-refractivity contribution in [2.45, 2.75) is 6.92 Å². The number of benzene rings is 1.